The van der Waals surface area contributed by atoms with Crippen molar-refractivity contribution in [3.63, 3.8) is 0 Å². The van der Waals surface area contributed by atoms with Crippen LogP contribution in [0.4, 0.5) is 0 Å². The molecule has 1 rings (SSSR count). The van der Waals surface area contributed by atoms with Crippen molar-refractivity contribution in [1.82, 2.24) is 0 Å². The average Bonchev–Trinajstić information content (AvgIpc) is 2.06. The van der Waals surface area contributed by atoms with E-state index in [1.165, 1.54) is 24.0 Å². The first kappa shape index (κ1) is 9.05. The third-order valence-corrected chi connectivity index (χ3v) is 1.86. The van der Waals surface area contributed by atoms with E-state index in [9.17, 15) is 0 Å². The van der Waals surface area contributed by atoms with Crippen molar-refractivity contribution in [2.75, 3.05) is 0 Å². The van der Waals surface area contributed by atoms with Crippen molar-refractivity contribution in [2.45, 2.75) is 26.7 Å². The molecular formula is C12H16. The van der Waals surface area contributed by atoms with Crippen molar-refractivity contribution in [1.29, 1.82) is 0 Å². The molecule has 12 heavy (non-hydrogen) atoms. The molecule has 0 aliphatic heterocycles. The molecule has 0 amide bonds. The van der Waals surface area contributed by atoms with Crippen LogP contribution in [0.2, 0.25) is 0 Å². The summed E-state index contributed by atoms with van der Waals surface area (Å²) < 4.78 is 0. The highest BCUT2D eigenvalue weighted by molar-refractivity contribution is 5.51. The Morgan fingerprint density at radius 3 is 2.50 bits per heavy atom. The Morgan fingerprint density at radius 1 is 1.25 bits per heavy atom. The Morgan fingerprint density at radius 2 is 1.92 bits per heavy atom. The SMILES string of the molecule is CCC/C(C)=C/c1ccccc1. The Labute approximate surface area is 74.9 Å². The van der Waals surface area contributed by atoms with E-state index in [0.29, 0.717) is 0 Å². The Hall–Kier alpha value is -1.04. The van der Waals surface area contributed by atoms with Gasteiger partial charge in [0.15, 0.2) is 0 Å². The topological polar surface area (TPSA) is 0 Å². The summed E-state index contributed by atoms with van der Waals surface area (Å²) in [4.78, 5) is 0. The van der Waals surface area contributed by atoms with Crippen LogP contribution in [0.1, 0.15) is 32.3 Å². The van der Waals surface area contributed by atoms with E-state index in [1.54, 1.807) is 0 Å². The molecule has 0 heteroatoms. The Bertz CT molecular complexity index is 244. The summed E-state index contributed by atoms with van der Waals surface area (Å²) in [5.74, 6) is 0. The highest BCUT2D eigenvalue weighted by atomic mass is 13.9. The van der Waals surface area contributed by atoms with Crippen molar-refractivity contribution in [2.24, 2.45) is 0 Å². The van der Waals surface area contributed by atoms with Crippen LogP contribution in [0, 0.1) is 0 Å². The normalized spacial score (nSPS) is 11.7. The smallest absolute Gasteiger partial charge is 0.0257 e. The van der Waals surface area contributed by atoms with Gasteiger partial charge in [-0.15, -0.1) is 0 Å². The standard InChI is InChI=1S/C12H16/c1-3-7-11(2)10-12-8-5-4-6-9-12/h4-6,8-10H,3,7H2,1-2H3/b11-10+. The molecule has 0 radical (unpaired) electrons. The highest BCUT2D eigenvalue weighted by Gasteiger charge is 1.88. The summed E-state index contributed by atoms with van der Waals surface area (Å²) in [6.07, 6.45) is 4.69. The van der Waals surface area contributed by atoms with Gasteiger partial charge in [-0.3, -0.25) is 0 Å². The quantitative estimate of drug-likeness (QED) is 0.629. The first-order valence-corrected chi connectivity index (χ1v) is 4.55. The highest BCUT2D eigenvalue weighted by Crippen LogP contribution is 2.09. The lowest BCUT2D eigenvalue weighted by atomic mass is 10.1. The van der Waals surface area contributed by atoms with Gasteiger partial charge in [0.2, 0.25) is 0 Å². The summed E-state index contributed by atoms with van der Waals surface area (Å²) in [5.41, 5.74) is 2.77. The Balaban J connectivity index is 2.67. The van der Waals surface area contributed by atoms with Crippen molar-refractivity contribution >= 4 is 6.08 Å². The zero-order valence-corrected chi connectivity index (χ0v) is 7.88. The maximum atomic E-state index is 2.25. The summed E-state index contributed by atoms with van der Waals surface area (Å²) in [6.45, 7) is 4.40. The maximum absolute atomic E-state index is 2.25. The summed E-state index contributed by atoms with van der Waals surface area (Å²) in [7, 11) is 0. The largest absolute Gasteiger partial charge is 0.0727 e. The molecule has 0 saturated carbocycles. The molecule has 0 bridgehead atoms. The molecule has 0 fully saturated rings. The predicted octanol–water partition coefficient (Wildman–Crippen LogP) is 3.89. The summed E-state index contributed by atoms with van der Waals surface area (Å²) >= 11 is 0. The molecule has 0 aliphatic carbocycles. The molecule has 0 atom stereocenters. The number of allylic oxidation sites excluding steroid dienone is 1. The monoisotopic (exact) mass is 160 g/mol. The van der Waals surface area contributed by atoms with Gasteiger partial charge in [-0.1, -0.05) is 55.3 Å². The minimum atomic E-state index is 1.20. The van der Waals surface area contributed by atoms with Crippen LogP contribution in [-0.4, -0.2) is 0 Å². The van der Waals surface area contributed by atoms with Crippen LogP contribution >= 0.6 is 0 Å². The predicted molar refractivity (Wildman–Crippen MR) is 55.0 cm³/mol. The second-order valence-electron chi connectivity index (χ2n) is 3.15. The van der Waals surface area contributed by atoms with E-state index in [4.69, 9.17) is 0 Å². The van der Waals surface area contributed by atoms with Gasteiger partial charge in [-0.2, -0.15) is 0 Å². The minimum absolute atomic E-state index is 1.20. The number of hydrogen-bond donors (Lipinski definition) is 0. The van der Waals surface area contributed by atoms with Gasteiger partial charge in [0, 0.05) is 0 Å². The van der Waals surface area contributed by atoms with Crippen molar-refractivity contribution < 1.29 is 0 Å². The van der Waals surface area contributed by atoms with Gasteiger partial charge in [0.25, 0.3) is 0 Å². The van der Waals surface area contributed by atoms with Gasteiger partial charge in [0.1, 0.15) is 0 Å². The zero-order chi connectivity index (χ0) is 8.81. The van der Waals surface area contributed by atoms with Crippen molar-refractivity contribution in [3.8, 4) is 0 Å². The van der Waals surface area contributed by atoms with Crippen LogP contribution in [0.3, 0.4) is 0 Å². The fourth-order valence-electron chi connectivity index (χ4n) is 1.30. The molecule has 1 aromatic rings. The first-order valence-electron chi connectivity index (χ1n) is 4.55. The molecule has 0 nitrogen and oxygen atoms in total. The molecule has 0 N–H and O–H groups in total. The third kappa shape index (κ3) is 2.91. The molecular weight excluding hydrogens is 144 g/mol. The van der Waals surface area contributed by atoms with Crippen LogP contribution in [0.25, 0.3) is 6.08 Å². The van der Waals surface area contributed by atoms with Gasteiger partial charge >= 0.3 is 0 Å². The van der Waals surface area contributed by atoms with E-state index in [-0.39, 0.29) is 0 Å². The maximum Gasteiger partial charge on any atom is -0.0257 e. The molecule has 0 spiro atoms. The van der Waals surface area contributed by atoms with Gasteiger partial charge in [-0.05, 0) is 18.9 Å². The molecule has 0 aromatic heterocycles. The molecule has 0 saturated heterocycles. The van der Waals surface area contributed by atoms with E-state index in [1.807, 2.05) is 6.07 Å². The molecule has 0 aliphatic rings. The fourth-order valence-corrected chi connectivity index (χ4v) is 1.30. The molecule has 1 aromatic carbocycles. The lowest BCUT2D eigenvalue weighted by Crippen LogP contribution is -1.76. The van der Waals surface area contributed by atoms with E-state index < -0.39 is 0 Å². The molecule has 64 valence electrons. The van der Waals surface area contributed by atoms with E-state index in [2.05, 4.69) is 44.2 Å². The van der Waals surface area contributed by atoms with E-state index >= 15 is 0 Å². The number of hydrogen-bond acceptors (Lipinski definition) is 0. The molecule has 0 unspecified atom stereocenters. The first-order chi connectivity index (χ1) is 5.83. The fraction of sp³-hybridized carbons (Fsp3) is 0.333. The van der Waals surface area contributed by atoms with Crippen LogP contribution in [0.15, 0.2) is 35.9 Å². The van der Waals surface area contributed by atoms with Crippen LogP contribution in [-0.2, 0) is 0 Å². The average molecular weight is 160 g/mol. The van der Waals surface area contributed by atoms with E-state index in [0.717, 1.165) is 0 Å². The second kappa shape index (κ2) is 4.76. The zero-order valence-electron chi connectivity index (χ0n) is 7.88. The van der Waals surface area contributed by atoms with Gasteiger partial charge < -0.3 is 0 Å². The summed E-state index contributed by atoms with van der Waals surface area (Å²) in [5, 5.41) is 0. The third-order valence-electron chi connectivity index (χ3n) is 1.86. The van der Waals surface area contributed by atoms with Crippen LogP contribution in [0.5, 0.6) is 0 Å². The second-order valence-corrected chi connectivity index (χ2v) is 3.15. The minimum Gasteiger partial charge on any atom is -0.0727 e. The van der Waals surface area contributed by atoms with Gasteiger partial charge in [0.05, 0.1) is 0 Å². The Kier molecular flexibility index (Phi) is 3.59. The van der Waals surface area contributed by atoms with Crippen LogP contribution < -0.4 is 0 Å². The number of rotatable bonds is 3. The van der Waals surface area contributed by atoms with Crippen molar-refractivity contribution in [3.05, 3.63) is 41.5 Å². The number of benzene rings is 1. The summed E-state index contributed by atoms with van der Waals surface area (Å²) in [6, 6.07) is 10.5. The van der Waals surface area contributed by atoms with Gasteiger partial charge in [-0.25, -0.2) is 0 Å². The molecule has 0 heterocycles. The lowest BCUT2D eigenvalue weighted by Gasteiger charge is -1.97. The lowest BCUT2D eigenvalue weighted by molar-refractivity contribution is 0.912.